The average molecular weight is 317 g/mol. The Morgan fingerprint density at radius 3 is 2.33 bits per heavy atom. The van der Waals surface area contributed by atoms with Gasteiger partial charge in [0.1, 0.15) is 5.60 Å². The second-order valence-corrected chi connectivity index (χ2v) is 9.86. The van der Waals surface area contributed by atoms with E-state index in [2.05, 4.69) is 11.2 Å². The summed E-state index contributed by atoms with van der Waals surface area (Å²) in [6.45, 7) is 6.04. The zero-order valence-corrected chi connectivity index (χ0v) is 14.3. The largest absolute Gasteiger partial charge is 0.444 e. The molecule has 1 amide bonds. The number of fused-ring (bicyclic) bond motifs is 2. The standard InChI is InChI=1S/C15H27NO4S/c1-13(2,3)20-12(17)16-15-8-6-14(10-15,7-9-15)11-19-21(4,5)18/h4,6-11H2,1-3,5H3,(H,16,17). The fourth-order valence-electron chi connectivity index (χ4n) is 3.46. The van der Waals surface area contributed by atoms with Gasteiger partial charge < -0.3 is 10.1 Å². The first-order valence-electron chi connectivity index (χ1n) is 7.41. The van der Waals surface area contributed by atoms with Gasteiger partial charge in [0.05, 0.1) is 16.4 Å². The number of hydrogen-bond donors (Lipinski definition) is 1. The van der Waals surface area contributed by atoms with Gasteiger partial charge in [-0.15, -0.1) is 0 Å². The molecule has 6 heteroatoms. The van der Waals surface area contributed by atoms with E-state index < -0.39 is 15.4 Å². The van der Waals surface area contributed by atoms with E-state index in [1.165, 1.54) is 6.26 Å². The SMILES string of the molecule is C=S(C)(=O)OCC12CCC(NC(=O)OC(C)(C)C)(CC1)C2. The molecular weight excluding hydrogens is 290 g/mol. The quantitative estimate of drug-likeness (QED) is 0.809. The van der Waals surface area contributed by atoms with Crippen LogP contribution in [0.25, 0.3) is 0 Å². The first-order chi connectivity index (χ1) is 9.43. The summed E-state index contributed by atoms with van der Waals surface area (Å²) in [5, 5.41) is 3.06. The molecular formula is C15H27NO4S. The van der Waals surface area contributed by atoms with E-state index in [1.807, 2.05) is 20.8 Å². The monoisotopic (exact) mass is 317 g/mol. The predicted molar refractivity (Wildman–Crippen MR) is 84.8 cm³/mol. The molecule has 0 aromatic heterocycles. The van der Waals surface area contributed by atoms with Crippen molar-refractivity contribution in [2.45, 2.75) is 64.0 Å². The number of rotatable bonds is 4. The highest BCUT2D eigenvalue weighted by Crippen LogP contribution is 2.56. The number of amides is 1. The third-order valence-corrected chi connectivity index (χ3v) is 4.98. The van der Waals surface area contributed by atoms with E-state index >= 15 is 0 Å². The van der Waals surface area contributed by atoms with Crippen molar-refractivity contribution in [3.05, 3.63) is 0 Å². The molecule has 0 aliphatic heterocycles. The molecule has 1 unspecified atom stereocenters. The van der Waals surface area contributed by atoms with Crippen molar-refractivity contribution >= 4 is 21.8 Å². The summed E-state index contributed by atoms with van der Waals surface area (Å²) in [6, 6.07) is 0. The van der Waals surface area contributed by atoms with E-state index in [4.69, 9.17) is 8.92 Å². The number of carbonyl (C=O) groups is 1. The molecule has 0 saturated heterocycles. The third-order valence-electron chi connectivity index (χ3n) is 4.36. The summed E-state index contributed by atoms with van der Waals surface area (Å²) in [7, 11) is -2.42. The van der Waals surface area contributed by atoms with E-state index in [1.54, 1.807) is 0 Å². The fourth-order valence-corrected chi connectivity index (χ4v) is 3.96. The Morgan fingerprint density at radius 2 is 1.86 bits per heavy atom. The van der Waals surface area contributed by atoms with Crippen LogP contribution in [0, 0.1) is 5.41 Å². The number of nitrogens with one attached hydrogen (secondary N) is 1. The van der Waals surface area contributed by atoms with Crippen LogP contribution in [0.15, 0.2) is 0 Å². The highest BCUT2D eigenvalue weighted by Gasteiger charge is 2.55. The Kier molecular flexibility index (Phi) is 4.08. The van der Waals surface area contributed by atoms with Crippen LogP contribution >= 0.6 is 0 Å². The molecule has 5 nitrogen and oxygen atoms in total. The fraction of sp³-hybridized carbons (Fsp3) is 0.867. The van der Waals surface area contributed by atoms with Gasteiger partial charge in [-0.1, -0.05) is 0 Å². The van der Waals surface area contributed by atoms with E-state index in [9.17, 15) is 9.00 Å². The van der Waals surface area contributed by atoms with Crippen LogP contribution in [0.4, 0.5) is 4.79 Å². The molecule has 2 aliphatic carbocycles. The Bertz CT molecular complexity index is 510. The molecule has 0 aromatic carbocycles. The van der Waals surface area contributed by atoms with Gasteiger partial charge in [0.15, 0.2) is 0 Å². The lowest BCUT2D eigenvalue weighted by molar-refractivity contribution is 0.0458. The number of carbonyl (C=O) groups excluding carboxylic acids is 1. The van der Waals surface area contributed by atoms with Gasteiger partial charge in [-0.3, -0.25) is 4.18 Å². The Balaban J connectivity index is 1.94. The van der Waals surface area contributed by atoms with Crippen molar-refractivity contribution in [3.63, 3.8) is 0 Å². The average Bonchev–Trinajstić information content (AvgIpc) is 2.78. The normalized spacial score (nSPS) is 34.5. The Morgan fingerprint density at radius 1 is 1.29 bits per heavy atom. The van der Waals surface area contributed by atoms with E-state index in [0.717, 1.165) is 32.1 Å². The van der Waals surface area contributed by atoms with Gasteiger partial charge in [-0.25, -0.2) is 9.00 Å². The molecule has 2 bridgehead atoms. The smallest absolute Gasteiger partial charge is 0.408 e. The Labute approximate surface area is 128 Å². The molecule has 0 heterocycles. The van der Waals surface area contributed by atoms with E-state index in [-0.39, 0.29) is 17.0 Å². The van der Waals surface area contributed by atoms with Crippen molar-refractivity contribution in [1.82, 2.24) is 5.32 Å². The van der Waals surface area contributed by atoms with Crippen molar-refractivity contribution in [3.8, 4) is 0 Å². The zero-order chi connectivity index (χ0) is 15.9. The van der Waals surface area contributed by atoms with Gasteiger partial charge in [0, 0.05) is 11.8 Å². The first kappa shape index (κ1) is 16.6. The number of hydrogen-bond acceptors (Lipinski definition) is 4. The maximum atomic E-state index is 12.0. The van der Waals surface area contributed by atoms with Crippen LogP contribution < -0.4 is 5.32 Å². The summed E-state index contributed by atoms with van der Waals surface area (Å²) in [5.41, 5.74) is -0.632. The van der Waals surface area contributed by atoms with Crippen LogP contribution in [0.2, 0.25) is 0 Å². The van der Waals surface area contributed by atoms with Crippen molar-refractivity contribution in [2.75, 3.05) is 12.9 Å². The molecule has 122 valence electrons. The van der Waals surface area contributed by atoms with Crippen molar-refractivity contribution in [1.29, 1.82) is 0 Å². The lowest BCUT2D eigenvalue weighted by Crippen LogP contribution is -2.47. The second kappa shape index (κ2) is 5.16. The minimum atomic E-state index is -2.42. The third kappa shape index (κ3) is 4.36. The topological polar surface area (TPSA) is 64.6 Å². The molecule has 1 N–H and O–H groups in total. The second-order valence-electron chi connectivity index (χ2n) is 7.77. The molecule has 2 saturated carbocycles. The first-order valence-corrected chi connectivity index (χ1v) is 9.47. The molecule has 2 aliphatic rings. The summed E-state index contributed by atoms with van der Waals surface area (Å²) in [5.74, 6) is 3.53. The van der Waals surface area contributed by atoms with Crippen LogP contribution in [-0.2, 0) is 18.7 Å². The molecule has 2 rings (SSSR count). The van der Waals surface area contributed by atoms with Gasteiger partial charge in [0.25, 0.3) is 0 Å². The minimum absolute atomic E-state index is 0.0331. The number of ether oxygens (including phenoxy) is 1. The zero-order valence-electron chi connectivity index (χ0n) is 13.5. The van der Waals surface area contributed by atoms with Crippen LogP contribution in [-0.4, -0.2) is 40.2 Å². The van der Waals surface area contributed by atoms with Crippen molar-refractivity contribution < 1.29 is 17.9 Å². The van der Waals surface area contributed by atoms with Crippen LogP contribution in [0.5, 0.6) is 0 Å². The van der Waals surface area contributed by atoms with Gasteiger partial charge in [-0.05, 0) is 64.2 Å². The maximum Gasteiger partial charge on any atom is 0.408 e. The lowest BCUT2D eigenvalue weighted by atomic mass is 9.85. The van der Waals surface area contributed by atoms with Crippen LogP contribution in [0.1, 0.15) is 52.9 Å². The molecule has 1 atom stereocenters. The van der Waals surface area contributed by atoms with Crippen molar-refractivity contribution in [2.24, 2.45) is 5.41 Å². The molecule has 21 heavy (non-hydrogen) atoms. The molecule has 0 spiro atoms. The lowest BCUT2D eigenvalue weighted by Gasteiger charge is -2.30. The summed E-state index contributed by atoms with van der Waals surface area (Å²) < 4.78 is 22.4. The highest BCUT2D eigenvalue weighted by atomic mass is 32.2. The summed E-state index contributed by atoms with van der Waals surface area (Å²) >= 11 is 0. The number of alkyl carbamates (subject to hydrolysis) is 1. The summed E-state index contributed by atoms with van der Waals surface area (Å²) in [6.07, 6.45) is 5.86. The van der Waals surface area contributed by atoms with Gasteiger partial charge in [-0.2, -0.15) is 0 Å². The van der Waals surface area contributed by atoms with Gasteiger partial charge in [0.2, 0.25) is 0 Å². The molecule has 0 radical (unpaired) electrons. The summed E-state index contributed by atoms with van der Waals surface area (Å²) in [4.78, 5) is 12.0. The molecule has 2 fully saturated rings. The maximum absolute atomic E-state index is 12.0. The van der Waals surface area contributed by atoms with Crippen LogP contribution in [0.3, 0.4) is 0 Å². The predicted octanol–water partition coefficient (Wildman–Crippen LogP) is 2.49. The van der Waals surface area contributed by atoms with Gasteiger partial charge >= 0.3 is 6.09 Å². The minimum Gasteiger partial charge on any atom is -0.444 e. The molecule has 0 aromatic rings. The highest BCUT2D eigenvalue weighted by molar-refractivity contribution is 7.95. The Hall–Kier alpha value is -0.750. The van der Waals surface area contributed by atoms with E-state index in [0.29, 0.717) is 6.61 Å².